The molecule has 2 heterocycles. The number of hydrogen-bond donors (Lipinski definition) is 2. The molecule has 0 unspecified atom stereocenters. The Hall–Kier alpha value is -2.72. The Labute approximate surface area is 193 Å². The predicted molar refractivity (Wildman–Crippen MR) is 123 cm³/mol. The zero-order chi connectivity index (χ0) is 23.5. The SMILES string of the molecule is CC(=O)Nc1cc(-c2cc3c(c(S(=O)(=O)NC4CCC4)c2)C(=O)N([C@@H](C)C2CC2)C3)n(C)n1. The van der Waals surface area contributed by atoms with Gasteiger partial charge >= 0.3 is 0 Å². The number of fused-ring (bicyclic) bond motifs is 1. The monoisotopic (exact) mass is 471 g/mol. The van der Waals surface area contributed by atoms with Crippen molar-refractivity contribution in [1.29, 1.82) is 0 Å². The van der Waals surface area contributed by atoms with E-state index in [1.165, 1.54) is 6.92 Å². The van der Waals surface area contributed by atoms with Crippen LogP contribution in [0.1, 0.15) is 61.9 Å². The number of benzene rings is 1. The van der Waals surface area contributed by atoms with Crippen molar-refractivity contribution >= 4 is 27.7 Å². The third-order valence-corrected chi connectivity index (χ3v) is 8.54. The van der Waals surface area contributed by atoms with E-state index in [-0.39, 0.29) is 34.4 Å². The number of nitrogens with one attached hydrogen (secondary N) is 2. The van der Waals surface area contributed by atoms with Crippen LogP contribution in [0.15, 0.2) is 23.1 Å². The molecule has 2 aliphatic carbocycles. The molecule has 10 heteroatoms. The second-order valence-electron chi connectivity index (χ2n) is 9.49. The van der Waals surface area contributed by atoms with Crippen LogP contribution in [0.5, 0.6) is 0 Å². The van der Waals surface area contributed by atoms with Crippen molar-refractivity contribution in [3.63, 3.8) is 0 Å². The molecule has 0 bridgehead atoms. The Morgan fingerprint density at radius 3 is 2.52 bits per heavy atom. The molecule has 1 aliphatic heterocycles. The van der Waals surface area contributed by atoms with E-state index in [0.29, 0.717) is 35.1 Å². The number of hydrogen-bond acceptors (Lipinski definition) is 5. The van der Waals surface area contributed by atoms with Crippen LogP contribution in [-0.4, -0.2) is 47.0 Å². The van der Waals surface area contributed by atoms with Gasteiger partial charge in [0.05, 0.1) is 16.2 Å². The normalized spacial score (nSPS) is 19.4. The smallest absolute Gasteiger partial charge is 0.256 e. The predicted octanol–water partition coefficient (Wildman–Crippen LogP) is 2.63. The third-order valence-electron chi connectivity index (χ3n) is 6.99. The first kappa shape index (κ1) is 22.1. The quantitative estimate of drug-likeness (QED) is 0.645. The fraction of sp³-hybridized carbons (Fsp3) is 0.522. The minimum absolute atomic E-state index is 0.0275. The molecule has 2 amide bonds. The summed E-state index contributed by atoms with van der Waals surface area (Å²) in [5, 5.41) is 6.97. The second-order valence-corrected chi connectivity index (χ2v) is 11.2. The van der Waals surface area contributed by atoms with E-state index in [2.05, 4.69) is 15.1 Å². The minimum atomic E-state index is -3.88. The maximum Gasteiger partial charge on any atom is 0.256 e. The number of aryl methyl sites for hydroxylation is 1. The third kappa shape index (κ3) is 4.06. The average molecular weight is 472 g/mol. The van der Waals surface area contributed by atoms with E-state index in [4.69, 9.17) is 0 Å². The number of aromatic nitrogens is 2. The van der Waals surface area contributed by atoms with Crippen LogP contribution in [0, 0.1) is 5.92 Å². The number of amides is 2. The summed E-state index contributed by atoms with van der Waals surface area (Å²) in [7, 11) is -2.15. The molecule has 5 rings (SSSR count). The standard InChI is InChI=1S/C23H29N5O4S/c1-13(15-7-8-15)28-12-17-9-16(19-11-21(24-14(2)29)25-27(19)3)10-20(22(17)23(28)30)33(31,32)26-18-5-4-6-18/h9-11,13,15,18,26H,4-8,12H2,1-3H3,(H,24,25,29)/t13-/m0/s1. The van der Waals surface area contributed by atoms with Gasteiger partial charge in [0.2, 0.25) is 15.9 Å². The number of carbonyl (C=O) groups excluding carboxylic acids is 2. The fourth-order valence-electron chi connectivity index (χ4n) is 4.75. The molecule has 2 N–H and O–H groups in total. The first-order valence-electron chi connectivity index (χ1n) is 11.5. The van der Waals surface area contributed by atoms with Crippen LogP contribution in [0.3, 0.4) is 0 Å². The second kappa shape index (κ2) is 7.95. The van der Waals surface area contributed by atoms with E-state index in [1.54, 1.807) is 28.8 Å². The lowest BCUT2D eigenvalue weighted by molar-refractivity contribution is -0.114. The first-order chi connectivity index (χ1) is 15.6. The van der Waals surface area contributed by atoms with Crippen LogP contribution in [-0.2, 0) is 28.4 Å². The number of nitrogens with zero attached hydrogens (tertiary/aromatic N) is 3. The van der Waals surface area contributed by atoms with E-state index >= 15 is 0 Å². The van der Waals surface area contributed by atoms with Gasteiger partial charge in [-0.1, -0.05) is 6.42 Å². The van der Waals surface area contributed by atoms with Crippen molar-refractivity contribution in [2.45, 2.75) is 69.5 Å². The van der Waals surface area contributed by atoms with Gasteiger partial charge in [-0.25, -0.2) is 13.1 Å². The van der Waals surface area contributed by atoms with Crippen molar-refractivity contribution < 1.29 is 18.0 Å². The average Bonchev–Trinajstić information content (AvgIpc) is 3.43. The number of rotatable bonds is 7. The summed E-state index contributed by atoms with van der Waals surface area (Å²) in [4.78, 5) is 26.7. The highest BCUT2D eigenvalue weighted by Gasteiger charge is 2.42. The molecule has 1 atom stereocenters. The number of sulfonamides is 1. The van der Waals surface area contributed by atoms with Gasteiger partial charge in [0.1, 0.15) is 0 Å². The maximum atomic E-state index is 13.4. The molecule has 0 spiro atoms. The molecule has 3 aliphatic rings. The largest absolute Gasteiger partial charge is 0.331 e. The van der Waals surface area contributed by atoms with Gasteiger partial charge < -0.3 is 10.2 Å². The Balaban J connectivity index is 1.60. The molecule has 2 fully saturated rings. The van der Waals surface area contributed by atoms with Crippen molar-refractivity contribution in [2.75, 3.05) is 5.32 Å². The summed E-state index contributed by atoms with van der Waals surface area (Å²) in [6.07, 6.45) is 4.81. The van der Waals surface area contributed by atoms with Crippen LogP contribution in [0.4, 0.5) is 5.82 Å². The Morgan fingerprint density at radius 2 is 1.91 bits per heavy atom. The molecule has 176 valence electrons. The van der Waals surface area contributed by atoms with E-state index in [1.807, 2.05) is 13.0 Å². The van der Waals surface area contributed by atoms with Gasteiger partial charge in [0.15, 0.2) is 5.82 Å². The molecule has 1 aromatic carbocycles. The Kier molecular flexibility index (Phi) is 5.32. The highest BCUT2D eigenvalue weighted by molar-refractivity contribution is 7.89. The summed E-state index contributed by atoms with van der Waals surface area (Å²) >= 11 is 0. The lowest BCUT2D eigenvalue weighted by Crippen LogP contribution is -2.40. The van der Waals surface area contributed by atoms with Gasteiger partial charge in [-0.2, -0.15) is 5.10 Å². The Bertz CT molecular complexity index is 1240. The van der Waals surface area contributed by atoms with Crippen LogP contribution in [0.2, 0.25) is 0 Å². The van der Waals surface area contributed by atoms with Crippen LogP contribution >= 0.6 is 0 Å². The summed E-state index contributed by atoms with van der Waals surface area (Å²) in [6.45, 7) is 3.84. The van der Waals surface area contributed by atoms with Gasteiger partial charge in [0.25, 0.3) is 5.91 Å². The van der Waals surface area contributed by atoms with Crippen LogP contribution < -0.4 is 10.0 Å². The molecular weight excluding hydrogens is 442 g/mol. The van der Waals surface area contributed by atoms with E-state index < -0.39 is 10.0 Å². The summed E-state index contributed by atoms with van der Waals surface area (Å²) in [5.41, 5.74) is 2.29. The van der Waals surface area contributed by atoms with Crippen molar-refractivity contribution in [1.82, 2.24) is 19.4 Å². The maximum absolute atomic E-state index is 13.4. The molecule has 1 aromatic heterocycles. The van der Waals surface area contributed by atoms with E-state index in [0.717, 1.165) is 32.1 Å². The summed E-state index contributed by atoms with van der Waals surface area (Å²) in [6, 6.07) is 5.14. The van der Waals surface area contributed by atoms with Crippen molar-refractivity contribution in [3.05, 3.63) is 29.3 Å². The highest BCUT2D eigenvalue weighted by Crippen LogP contribution is 2.41. The molecule has 2 saturated carbocycles. The molecule has 33 heavy (non-hydrogen) atoms. The van der Waals surface area contributed by atoms with Gasteiger partial charge in [-0.05, 0) is 56.2 Å². The highest BCUT2D eigenvalue weighted by atomic mass is 32.2. The topological polar surface area (TPSA) is 113 Å². The lowest BCUT2D eigenvalue weighted by Gasteiger charge is -2.27. The van der Waals surface area contributed by atoms with Gasteiger partial charge in [-0.15, -0.1) is 0 Å². The van der Waals surface area contributed by atoms with E-state index in [9.17, 15) is 18.0 Å². The van der Waals surface area contributed by atoms with Gasteiger partial charge in [-0.3, -0.25) is 14.3 Å². The molecular formula is C23H29N5O4S. The zero-order valence-electron chi connectivity index (χ0n) is 19.1. The zero-order valence-corrected chi connectivity index (χ0v) is 19.9. The molecule has 0 radical (unpaired) electrons. The van der Waals surface area contributed by atoms with Gasteiger partial charge in [0, 0.05) is 44.2 Å². The van der Waals surface area contributed by atoms with Crippen LogP contribution in [0.25, 0.3) is 11.3 Å². The minimum Gasteiger partial charge on any atom is -0.331 e. The lowest BCUT2D eigenvalue weighted by atomic mass is 9.94. The first-order valence-corrected chi connectivity index (χ1v) is 12.9. The molecule has 0 saturated heterocycles. The van der Waals surface area contributed by atoms with Crippen molar-refractivity contribution in [2.24, 2.45) is 13.0 Å². The number of anilines is 1. The molecule has 2 aromatic rings. The van der Waals surface area contributed by atoms with Crippen molar-refractivity contribution in [3.8, 4) is 11.3 Å². The fourth-order valence-corrected chi connectivity index (χ4v) is 6.32. The Morgan fingerprint density at radius 1 is 1.18 bits per heavy atom. The molecule has 9 nitrogen and oxygen atoms in total. The summed E-state index contributed by atoms with van der Waals surface area (Å²) in [5.74, 6) is 0.413. The number of carbonyl (C=O) groups is 2. The summed E-state index contributed by atoms with van der Waals surface area (Å²) < 4.78 is 31.2.